The van der Waals surface area contributed by atoms with E-state index in [-0.39, 0.29) is 35.0 Å². The Balaban J connectivity index is 1.82. The molecule has 0 saturated carbocycles. The van der Waals surface area contributed by atoms with Crippen molar-refractivity contribution in [3.63, 3.8) is 0 Å². The SMILES string of the molecule is COc1ccc(S(=O)(=O)N(CC(=O)N(Cc2ccccc2F)C(Cc2ccccc2)C(=O)NCC(C)C)c2ccc(C)cc2)cc1Br. The summed E-state index contributed by atoms with van der Waals surface area (Å²) in [6.45, 7) is 5.24. The third-order valence-electron chi connectivity index (χ3n) is 7.57. The zero-order chi connectivity index (χ0) is 34.1. The van der Waals surface area contributed by atoms with E-state index < -0.39 is 40.2 Å². The first-order chi connectivity index (χ1) is 22.4. The maximum atomic E-state index is 15.1. The van der Waals surface area contributed by atoms with Gasteiger partial charge in [0.05, 0.1) is 22.2 Å². The van der Waals surface area contributed by atoms with Crippen LogP contribution in [-0.2, 0) is 32.6 Å². The van der Waals surface area contributed by atoms with E-state index in [0.29, 0.717) is 16.8 Å². The molecule has 2 amide bonds. The van der Waals surface area contributed by atoms with Crippen molar-refractivity contribution in [1.29, 1.82) is 0 Å². The van der Waals surface area contributed by atoms with E-state index in [2.05, 4.69) is 21.2 Å². The zero-order valence-electron chi connectivity index (χ0n) is 26.8. The number of carbonyl (C=O) groups is 2. The van der Waals surface area contributed by atoms with Crippen LogP contribution in [0.5, 0.6) is 5.75 Å². The standard InChI is InChI=1S/C36H39BrFN3O5S/c1-25(2)22-39-36(43)33(20-27-10-6-5-7-11-27)40(23-28-12-8-9-13-32(28)38)35(42)24-41(29-16-14-26(3)15-17-29)47(44,45)30-18-19-34(46-4)31(37)21-30/h5-19,21,25,33H,20,22-24H2,1-4H3,(H,39,43). The molecule has 0 heterocycles. The number of amides is 2. The summed E-state index contributed by atoms with van der Waals surface area (Å²) in [5, 5.41) is 2.93. The van der Waals surface area contributed by atoms with Crippen molar-refractivity contribution in [3.8, 4) is 5.75 Å². The summed E-state index contributed by atoms with van der Waals surface area (Å²) in [7, 11) is -2.85. The Morgan fingerprint density at radius 3 is 2.21 bits per heavy atom. The van der Waals surface area contributed by atoms with Gasteiger partial charge in [-0.1, -0.05) is 80.1 Å². The Morgan fingerprint density at radius 1 is 0.936 bits per heavy atom. The summed E-state index contributed by atoms with van der Waals surface area (Å²) >= 11 is 3.36. The maximum Gasteiger partial charge on any atom is 0.264 e. The highest BCUT2D eigenvalue weighted by Gasteiger charge is 2.35. The highest BCUT2D eigenvalue weighted by atomic mass is 79.9. The van der Waals surface area contributed by atoms with E-state index in [4.69, 9.17) is 4.74 Å². The van der Waals surface area contributed by atoms with Crippen LogP contribution >= 0.6 is 15.9 Å². The quantitative estimate of drug-likeness (QED) is 0.160. The lowest BCUT2D eigenvalue weighted by molar-refractivity contribution is -0.140. The van der Waals surface area contributed by atoms with Crippen LogP contribution in [0.3, 0.4) is 0 Å². The van der Waals surface area contributed by atoms with E-state index in [1.807, 2.05) is 51.1 Å². The lowest BCUT2D eigenvalue weighted by Gasteiger charge is -2.34. The van der Waals surface area contributed by atoms with Gasteiger partial charge < -0.3 is 15.0 Å². The number of nitrogens with zero attached hydrogens (tertiary/aromatic N) is 2. The normalized spacial score (nSPS) is 12.0. The topological polar surface area (TPSA) is 96.0 Å². The van der Waals surface area contributed by atoms with E-state index in [1.54, 1.807) is 42.5 Å². The molecule has 0 aromatic heterocycles. The first-order valence-electron chi connectivity index (χ1n) is 15.2. The van der Waals surface area contributed by atoms with Gasteiger partial charge in [0.2, 0.25) is 11.8 Å². The number of hydrogen-bond donors (Lipinski definition) is 1. The van der Waals surface area contributed by atoms with Crippen molar-refractivity contribution < 1.29 is 27.1 Å². The molecule has 0 saturated heterocycles. The fourth-order valence-electron chi connectivity index (χ4n) is 4.96. The summed E-state index contributed by atoms with van der Waals surface area (Å²) in [6, 6.07) is 25.2. The molecule has 8 nitrogen and oxygen atoms in total. The summed E-state index contributed by atoms with van der Waals surface area (Å²) in [5.41, 5.74) is 2.13. The molecular formula is C36H39BrFN3O5S. The maximum absolute atomic E-state index is 15.1. The van der Waals surface area contributed by atoms with Crippen LogP contribution in [0.25, 0.3) is 0 Å². The third-order valence-corrected chi connectivity index (χ3v) is 9.96. The largest absolute Gasteiger partial charge is 0.496 e. The van der Waals surface area contributed by atoms with E-state index in [0.717, 1.165) is 15.4 Å². The van der Waals surface area contributed by atoms with Crippen LogP contribution in [0.4, 0.5) is 10.1 Å². The second-order valence-electron chi connectivity index (χ2n) is 11.6. The average Bonchev–Trinajstić information content (AvgIpc) is 3.05. The predicted molar refractivity (Wildman–Crippen MR) is 185 cm³/mol. The van der Waals surface area contributed by atoms with Crippen LogP contribution < -0.4 is 14.4 Å². The van der Waals surface area contributed by atoms with Gasteiger partial charge in [0.25, 0.3) is 10.0 Å². The van der Waals surface area contributed by atoms with Gasteiger partial charge in [0.15, 0.2) is 0 Å². The summed E-state index contributed by atoms with van der Waals surface area (Å²) < 4.78 is 50.3. The van der Waals surface area contributed by atoms with Gasteiger partial charge in [-0.05, 0) is 70.7 Å². The van der Waals surface area contributed by atoms with Gasteiger partial charge >= 0.3 is 0 Å². The van der Waals surface area contributed by atoms with Gasteiger partial charge in [0, 0.05) is 25.1 Å². The Labute approximate surface area is 284 Å². The number of benzene rings is 4. The van der Waals surface area contributed by atoms with Crippen LogP contribution in [0.15, 0.2) is 106 Å². The molecule has 1 unspecified atom stereocenters. The number of aryl methyl sites for hydroxylation is 1. The molecule has 4 rings (SSSR count). The van der Waals surface area contributed by atoms with Crippen molar-refractivity contribution >= 4 is 43.5 Å². The summed E-state index contributed by atoms with van der Waals surface area (Å²) in [6.07, 6.45) is 0.133. The van der Waals surface area contributed by atoms with Gasteiger partial charge in [-0.2, -0.15) is 0 Å². The smallest absolute Gasteiger partial charge is 0.264 e. The molecular weight excluding hydrogens is 685 g/mol. The first-order valence-corrected chi connectivity index (χ1v) is 17.4. The summed E-state index contributed by atoms with van der Waals surface area (Å²) in [5.74, 6) is -1.06. The molecule has 4 aromatic carbocycles. The van der Waals surface area contributed by atoms with Crippen molar-refractivity contribution in [2.45, 2.75) is 44.7 Å². The molecule has 1 N–H and O–H groups in total. The van der Waals surface area contributed by atoms with Crippen LogP contribution in [-0.4, -0.2) is 51.4 Å². The molecule has 0 spiro atoms. The summed E-state index contributed by atoms with van der Waals surface area (Å²) in [4.78, 5) is 29.6. The van der Waals surface area contributed by atoms with Crippen molar-refractivity contribution in [1.82, 2.24) is 10.2 Å². The van der Waals surface area contributed by atoms with Gasteiger partial charge in [0.1, 0.15) is 24.2 Å². The number of rotatable bonds is 14. The van der Waals surface area contributed by atoms with Crippen molar-refractivity contribution in [2.75, 3.05) is 24.5 Å². The van der Waals surface area contributed by atoms with E-state index in [1.165, 1.54) is 36.3 Å². The minimum Gasteiger partial charge on any atom is -0.496 e. The van der Waals surface area contributed by atoms with Gasteiger partial charge in [-0.15, -0.1) is 0 Å². The fourth-order valence-corrected chi connectivity index (χ4v) is 7.09. The zero-order valence-corrected chi connectivity index (χ0v) is 29.2. The second kappa shape index (κ2) is 16.1. The van der Waals surface area contributed by atoms with Crippen molar-refractivity contribution in [3.05, 3.63) is 124 Å². The van der Waals surface area contributed by atoms with Gasteiger partial charge in [-0.25, -0.2) is 12.8 Å². The average molecular weight is 725 g/mol. The molecule has 47 heavy (non-hydrogen) atoms. The number of carbonyl (C=O) groups excluding carboxylic acids is 2. The molecule has 0 fully saturated rings. The van der Waals surface area contributed by atoms with E-state index >= 15 is 4.39 Å². The van der Waals surface area contributed by atoms with Crippen LogP contribution in [0.1, 0.15) is 30.5 Å². The Bertz CT molecular complexity index is 1790. The molecule has 4 aromatic rings. The van der Waals surface area contributed by atoms with Crippen molar-refractivity contribution in [2.24, 2.45) is 5.92 Å². The lowest BCUT2D eigenvalue weighted by atomic mass is 10.0. The third kappa shape index (κ3) is 9.20. The molecule has 0 radical (unpaired) electrons. The molecule has 0 aliphatic carbocycles. The highest BCUT2D eigenvalue weighted by Crippen LogP contribution is 2.31. The second-order valence-corrected chi connectivity index (χ2v) is 14.3. The fraction of sp³-hybridized carbons (Fsp3) is 0.278. The lowest BCUT2D eigenvalue weighted by Crippen LogP contribution is -2.53. The number of methoxy groups -OCH3 is 1. The number of nitrogens with one attached hydrogen (secondary N) is 1. The van der Waals surface area contributed by atoms with Crippen LogP contribution in [0.2, 0.25) is 0 Å². The Morgan fingerprint density at radius 2 is 1.60 bits per heavy atom. The molecule has 0 aliphatic heterocycles. The Kier molecular flexibility index (Phi) is 12.2. The Hall–Kier alpha value is -4.22. The van der Waals surface area contributed by atoms with Gasteiger partial charge in [-0.3, -0.25) is 13.9 Å². The molecule has 0 aliphatic rings. The minimum atomic E-state index is -4.32. The number of sulfonamides is 1. The van der Waals surface area contributed by atoms with E-state index in [9.17, 15) is 18.0 Å². The number of halogens is 2. The highest BCUT2D eigenvalue weighted by molar-refractivity contribution is 9.10. The number of anilines is 1. The molecule has 0 bridgehead atoms. The first kappa shape index (κ1) is 35.6. The minimum absolute atomic E-state index is 0.0743. The number of ether oxygens (including phenoxy) is 1. The monoisotopic (exact) mass is 723 g/mol. The molecule has 1 atom stereocenters. The number of hydrogen-bond acceptors (Lipinski definition) is 5. The molecule has 11 heteroatoms. The molecule has 248 valence electrons. The van der Waals surface area contributed by atoms with Crippen LogP contribution in [0, 0.1) is 18.7 Å². The predicted octanol–water partition coefficient (Wildman–Crippen LogP) is 6.51.